The Balaban J connectivity index is 0.000000901. The molecule has 2 heterocycles. The number of nitrogens with one attached hydrogen (secondary N) is 4. The summed E-state index contributed by atoms with van der Waals surface area (Å²) in [5.41, 5.74) is 12.5. The van der Waals surface area contributed by atoms with Gasteiger partial charge in [-0.05, 0) is 91.8 Å². The van der Waals surface area contributed by atoms with E-state index in [0.717, 1.165) is 74.1 Å². The van der Waals surface area contributed by atoms with Gasteiger partial charge in [0.1, 0.15) is 18.2 Å². The minimum absolute atomic E-state index is 0.0750. The molecule has 4 N–H and O–H groups in total. The van der Waals surface area contributed by atoms with Crippen LogP contribution >= 0.6 is 0 Å². The zero-order valence-corrected chi connectivity index (χ0v) is 38.1. The van der Waals surface area contributed by atoms with Gasteiger partial charge in [-0.2, -0.15) is 0 Å². The summed E-state index contributed by atoms with van der Waals surface area (Å²) in [6, 6.07) is 9.03. The molecule has 0 bridgehead atoms. The van der Waals surface area contributed by atoms with E-state index in [2.05, 4.69) is 98.9 Å². The van der Waals surface area contributed by atoms with Crippen molar-refractivity contribution in [2.24, 2.45) is 0 Å². The highest BCUT2D eigenvalue weighted by Gasteiger charge is 2.27. The molecular formula is C47H70N8O6. The number of imidazole rings is 2. The number of carbonyl (C=O) groups excluding carboxylic acids is 4. The van der Waals surface area contributed by atoms with Crippen LogP contribution in [-0.4, -0.2) is 102 Å². The number of likely N-dealkylation sites (N-methyl/N-ethyl adjacent to an activating group) is 1. The summed E-state index contributed by atoms with van der Waals surface area (Å²) < 4.78 is 8.47. The van der Waals surface area contributed by atoms with E-state index in [9.17, 15) is 14.4 Å². The van der Waals surface area contributed by atoms with Crippen LogP contribution in [0, 0.1) is 0 Å². The van der Waals surface area contributed by atoms with Crippen LogP contribution in [0.2, 0.25) is 0 Å². The maximum atomic E-state index is 12.8. The number of amides is 3. The molecule has 0 aliphatic heterocycles. The number of nitrogens with zero attached hydrogens (tertiary/aromatic N) is 4. The predicted molar refractivity (Wildman–Crippen MR) is 242 cm³/mol. The number of hydrogen-bond acceptors (Lipinski definition) is 9. The number of alkyl carbamates (subject to hydrolysis) is 1. The Morgan fingerprint density at radius 3 is 1.41 bits per heavy atom. The van der Waals surface area contributed by atoms with Crippen molar-refractivity contribution in [1.29, 1.82) is 0 Å². The molecule has 61 heavy (non-hydrogen) atoms. The molecule has 14 heteroatoms. The zero-order chi connectivity index (χ0) is 44.7. The van der Waals surface area contributed by atoms with Crippen LogP contribution in [0.4, 0.5) is 4.79 Å². The Bertz CT molecular complexity index is 1990. The summed E-state index contributed by atoms with van der Waals surface area (Å²) in [6.07, 6.45) is 13.7. The molecule has 2 aliphatic carbocycles. The van der Waals surface area contributed by atoms with Gasteiger partial charge >= 0.3 is 6.09 Å². The topological polar surface area (TPSA) is 175 Å². The molecule has 0 atom stereocenters. The molecule has 6 rings (SSSR count). The average Bonchev–Trinajstić information content (AvgIpc) is 4.11. The number of H-pyrrole nitrogens is 2. The van der Waals surface area contributed by atoms with Gasteiger partial charge < -0.3 is 39.9 Å². The maximum Gasteiger partial charge on any atom is 0.407 e. The van der Waals surface area contributed by atoms with Gasteiger partial charge in [0.05, 0.1) is 57.6 Å². The molecule has 4 aromatic rings. The summed E-state index contributed by atoms with van der Waals surface area (Å²) in [6.45, 7) is 15.2. The van der Waals surface area contributed by atoms with E-state index in [1.807, 2.05) is 24.2 Å². The number of aromatic nitrogens is 4. The minimum Gasteiger partial charge on any atom is -0.471 e. The molecule has 0 saturated carbocycles. The number of carbonyl (C=O) groups is 4. The van der Waals surface area contributed by atoms with Gasteiger partial charge in [-0.25, -0.2) is 14.8 Å². The van der Waals surface area contributed by atoms with Crippen molar-refractivity contribution >= 4 is 24.4 Å². The van der Waals surface area contributed by atoms with E-state index in [0.29, 0.717) is 45.0 Å². The highest BCUT2D eigenvalue weighted by molar-refractivity contribution is 5.83. The third-order valence-electron chi connectivity index (χ3n) is 10.1. The van der Waals surface area contributed by atoms with Gasteiger partial charge in [-0.1, -0.05) is 78.6 Å². The lowest BCUT2D eigenvalue weighted by Crippen LogP contribution is -2.40. The largest absolute Gasteiger partial charge is 0.471 e. The monoisotopic (exact) mass is 843 g/mol. The summed E-state index contributed by atoms with van der Waals surface area (Å²) in [7, 11) is 4.38. The lowest BCUT2D eigenvalue weighted by atomic mass is 9.87. The van der Waals surface area contributed by atoms with Crippen molar-refractivity contribution in [3.05, 3.63) is 70.6 Å². The summed E-state index contributed by atoms with van der Waals surface area (Å²) in [4.78, 5) is 65.8. The fourth-order valence-corrected chi connectivity index (χ4v) is 7.66. The van der Waals surface area contributed by atoms with Crippen LogP contribution in [0.25, 0.3) is 33.6 Å². The highest BCUT2D eigenvalue weighted by atomic mass is 16.5. The van der Waals surface area contributed by atoms with Crippen molar-refractivity contribution in [2.75, 3.05) is 47.4 Å². The summed E-state index contributed by atoms with van der Waals surface area (Å²) in [5, 5.41) is 5.45. The smallest absolute Gasteiger partial charge is 0.407 e. The fraction of sp³-hybridized carbons (Fsp3) is 0.532. The van der Waals surface area contributed by atoms with E-state index < -0.39 is 6.09 Å². The van der Waals surface area contributed by atoms with Crippen LogP contribution in [0.5, 0.6) is 0 Å². The Kier molecular flexibility index (Phi) is 21.8. The number of rotatable bonds is 16. The van der Waals surface area contributed by atoms with Gasteiger partial charge in [0.15, 0.2) is 0 Å². The molecule has 0 fully saturated rings. The van der Waals surface area contributed by atoms with E-state index in [-0.39, 0.29) is 18.4 Å². The van der Waals surface area contributed by atoms with E-state index in [1.54, 1.807) is 11.9 Å². The molecule has 334 valence electrons. The van der Waals surface area contributed by atoms with Crippen molar-refractivity contribution in [3.8, 4) is 33.6 Å². The second-order valence-corrected chi connectivity index (χ2v) is 15.2. The first-order chi connectivity index (χ1) is 29.6. The number of benzene rings is 2. The van der Waals surface area contributed by atoms with Gasteiger partial charge in [0.2, 0.25) is 11.8 Å². The van der Waals surface area contributed by atoms with E-state index in [4.69, 9.17) is 4.79 Å². The Labute approximate surface area is 363 Å². The van der Waals surface area contributed by atoms with Gasteiger partial charge in [0.25, 0.3) is 6.47 Å². The molecule has 0 spiro atoms. The number of ether oxygens (including phenoxy) is 2. The molecule has 0 radical (unpaired) electrons. The number of fused-ring (bicyclic) bond motifs is 2. The SMILES string of the molecule is CCC.CCC.CCCN(Cc1ncc(-c2ccc(-c3ccc(-c4cnc(CN(CCC)C(=O)CNC(=O)OC)[nH]4)c4c3CCC4)c3c2CCC3)[nH]1)C(=O)CNC.COC=O. The molecule has 14 nitrogen and oxygen atoms in total. The van der Waals surface area contributed by atoms with E-state index in [1.165, 1.54) is 66.0 Å². The van der Waals surface area contributed by atoms with Crippen LogP contribution in [-0.2, 0) is 62.6 Å². The van der Waals surface area contributed by atoms with Crippen LogP contribution in [0.1, 0.15) is 114 Å². The number of aromatic amines is 2. The van der Waals surface area contributed by atoms with Gasteiger partial charge in [-0.15, -0.1) is 0 Å². The minimum atomic E-state index is -0.630. The average molecular weight is 843 g/mol. The summed E-state index contributed by atoms with van der Waals surface area (Å²) >= 11 is 0. The molecular weight excluding hydrogens is 773 g/mol. The normalized spacial score (nSPS) is 12.0. The fourth-order valence-electron chi connectivity index (χ4n) is 7.66. The Morgan fingerprint density at radius 1 is 0.672 bits per heavy atom. The number of hydrogen-bond donors (Lipinski definition) is 4. The molecule has 0 saturated heterocycles. The van der Waals surface area contributed by atoms with Crippen molar-refractivity contribution < 1.29 is 28.7 Å². The Morgan fingerprint density at radius 2 is 1.05 bits per heavy atom. The lowest BCUT2D eigenvalue weighted by molar-refractivity contribution is -0.131. The second-order valence-electron chi connectivity index (χ2n) is 15.2. The van der Waals surface area contributed by atoms with Crippen LogP contribution in [0.3, 0.4) is 0 Å². The van der Waals surface area contributed by atoms with Gasteiger partial charge in [-0.3, -0.25) is 14.4 Å². The van der Waals surface area contributed by atoms with E-state index >= 15 is 0 Å². The first kappa shape index (κ1) is 49.9. The zero-order valence-electron chi connectivity index (χ0n) is 38.1. The number of methoxy groups -OCH3 is 2. The third-order valence-corrected chi connectivity index (χ3v) is 10.1. The molecule has 0 unspecified atom stereocenters. The Hall–Kier alpha value is -5.50. The van der Waals surface area contributed by atoms with Crippen LogP contribution < -0.4 is 10.6 Å². The first-order valence-corrected chi connectivity index (χ1v) is 22.0. The molecule has 3 amide bonds. The standard InChI is InChI=1S/C39H50N8O4.2C3H8.C2H4O2/c1-5-17-46(37(48)21-40-3)23-35-41-19-33(44-35)31-15-13-29(25-9-7-11-27(25)31)30-14-16-32(28-12-8-10-26(28)30)34-20-42-36(45-34)24-47(18-6-2)38(49)22-43-39(50)51-4;2*1-3-2;1-4-2-3/h13-16,19-20,40H,5-12,17-18,21-24H2,1-4H3,(H,41,44)(H,42,45)(H,43,50);2*3H2,1-2H3;2H,1H3. The van der Waals surface area contributed by atoms with Crippen LogP contribution in [0.15, 0.2) is 36.7 Å². The van der Waals surface area contributed by atoms with Gasteiger partial charge in [0, 0.05) is 24.2 Å². The quantitative estimate of drug-likeness (QED) is 0.0822. The second kappa shape index (κ2) is 26.7. The molecule has 2 aromatic carbocycles. The van der Waals surface area contributed by atoms with Crippen molar-refractivity contribution in [3.63, 3.8) is 0 Å². The molecule has 2 aromatic heterocycles. The molecule has 2 aliphatic rings. The first-order valence-electron chi connectivity index (χ1n) is 22.0. The lowest BCUT2D eigenvalue weighted by Gasteiger charge is -2.21. The maximum absolute atomic E-state index is 12.8. The summed E-state index contributed by atoms with van der Waals surface area (Å²) in [5.74, 6) is 1.39. The van der Waals surface area contributed by atoms with Crippen molar-refractivity contribution in [1.82, 2.24) is 40.4 Å². The highest BCUT2D eigenvalue weighted by Crippen LogP contribution is 2.43. The third kappa shape index (κ3) is 14.0. The predicted octanol–water partition coefficient (Wildman–Crippen LogP) is 7.79. The van der Waals surface area contributed by atoms with Crippen molar-refractivity contribution in [2.45, 2.75) is 119 Å².